The van der Waals surface area contributed by atoms with Gasteiger partial charge in [0.05, 0.1) is 17.8 Å². The third-order valence-electron chi connectivity index (χ3n) is 3.18. The molecular formula is C15H10ClF3N4. The lowest BCUT2D eigenvalue weighted by Gasteiger charge is -2.08. The van der Waals surface area contributed by atoms with Crippen LogP contribution in [0, 0.1) is 0 Å². The third kappa shape index (κ3) is 3.50. The minimum Gasteiger partial charge on any atom is -0.259 e. The molecule has 8 heteroatoms. The molecule has 0 saturated carbocycles. The fourth-order valence-electron chi connectivity index (χ4n) is 2.04. The van der Waals surface area contributed by atoms with E-state index in [0.29, 0.717) is 16.5 Å². The van der Waals surface area contributed by atoms with Crippen LogP contribution in [0.3, 0.4) is 0 Å². The zero-order valence-electron chi connectivity index (χ0n) is 11.6. The van der Waals surface area contributed by atoms with Gasteiger partial charge in [0.15, 0.2) is 5.82 Å². The highest BCUT2D eigenvalue weighted by molar-refractivity contribution is 6.30. The molecule has 0 aliphatic rings. The number of hydrogen-bond acceptors (Lipinski definition) is 3. The lowest BCUT2D eigenvalue weighted by molar-refractivity contribution is -0.137. The summed E-state index contributed by atoms with van der Waals surface area (Å²) in [5, 5.41) is 4.69. The van der Waals surface area contributed by atoms with Crippen molar-refractivity contribution >= 4 is 11.6 Å². The van der Waals surface area contributed by atoms with Gasteiger partial charge >= 0.3 is 6.18 Å². The van der Waals surface area contributed by atoms with Crippen LogP contribution < -0.4 is 0 Å². The standard InChI is InChI=1S/C15H10ClF3N4/c16-12-4-1-10(2-5-12)14-21-9-22-23(14)8-13-6-3-11(7-20-13)15(17,18)19/h1-7,9H,8H2. The molecule has 0 aliphatic carbocycles. The van der Waals surface area contributed by atoms with Crippen LogP contribution in [0.25, 0.3) is 11.4 Å². The summed E-state index contributed by atoms with van der Waals surface area (Å²) in [4.78, 5) is 8.01. The van der Waals surface area contributed by atoms with Crippen molar-refractivity contribution in [2.24, 2.45) is 0 Å². The van der Waals surface area contributed by atoms with Gasteiger partial charge in [0, 0.05) is 16.8 Å². The Morgan fingerprint density at radius 1 is 1.00 bits per heavy atom. The van der Waals surface area contributed by atoms with Gasteiger partial charge in [-0.1, -0.05) is 11.6 Å². The first-order valence-corrected chi connectivity index (χ1v) is 6.97. The van der Waals surface area contributed by atoms with Crippen LogP contribution >= 0.6 is 11.6 Å². The van der Waals surface area contributed by atoms with Crippen LogP contribution in [0.2, 0.25) is 5.02 Å². The fourth-order valence-corrected chi connectivity index (χ4v) is 2.17. The Morgan fingerprint density at radius 3 is 2.35 bits per heavy atom. The van der Waals surface area contributed by atoms with Crippen molar-refractivity contribution in [1.82, 2.24) is 19.7 Å². The second-order valence-corrected chi connectivity index (χ2v) is 5.22. The average molecular weight is 339 g/mol. The Labute approximate surface area is 134 Å². The van der Waals surface area contributed by atoms with Crippen LogP contribution in [0.15, 0.2) is 48.9 Å². The number of benzene rings is 1. The second-order valence-electron chi connectivity index (χ2n) is 4.78. The van der Waals surface area contributed by atoms with Crippen molar-refractivity contribution in [3.63, 3.8) is 0 Å². The number of aromatic nitrogens is 4. The third-order valence-corrected chi connectivity index (χ3v) is 3.43. The van der Waals surface area contributed by atoms with Gasteiger partial charge in [-0.15, -0.1) is 0 Å². The summed E-state index contributed by atoms with van der Waals surface area (Å²) in [5.41, 5.74) is 0.482. The number of nitrogens with zero attached hydrogens (tertiary/aromatic N) is 4. The Balaban J connectivity index is 1.84. The van der Waals surface area contributed by atoms with E-state index in [-0.39, 0.29) is 6.54 Å². The Hall–Kier alpha value is -2.41. The number of halogens is 4. The molecule has 3 aromatic rings. The molecule has 0 saturated heterocycles. The average Bonchev–Trinajstić information content (AvgIpc) is 2.96. The first kappa shape index (κ1) is 15.5. The van der Waals surface area contributed by atoms with Crippen molar-refractivity contribution in [3.8, 4) is 11.4 Å². The zero-order chi connectivity index (χ0) is 16.4. The van der Waals surface area contributed by atoms with Gasteiger partial charge in [-0.2, -0.15) is 18.3 Å². The Bertz CT molecular complexity index is 795. The number of alkyl halides is 3. The predicted molar refractivity (Wildman–Crippen MR) is 78.8 cm³/mol. The molecule has 4 nitrogen and oxygen atoms in total. The monoisotopic (exact) mass is 338 g/mol. The van der Waals surface area contributed by atoms with Gasteiger partial charge in [-0.05, 0) is 36.4 Å². The highest BCUT2D eigenvalue weighted by Crippen LogP contribution is 2.28. The maximum Gasteiger partial charge on any atom is 0.417 e. The zero-order valence-corrected chi connectivity index (χ0v) is 12.4. The highest BCUT2D eigenvalue weighted by Gasteiger charge is 2.30. The van der Waals surface area contributed by atoms with E-state index in [0.717, 1.165) is 17.8 Å². The molecule has 0 aliphatic heterocycles. The molecule has 0 spiro atoms. The van der Waals surface area contributed by atoms with Gasteiger partial charge in [-0.25, -0.2) is 9.67 Å². The molecule has 2 aromatic heterocycles. The van der Waals surface area contributed by atoms with E-state index >= 15 is 0 Å². The van der Waals surface area contributed by atoms with Crippen molar-refractivity contribution in [2.75, 3.05) is 0 Å². The quantitative estimate of drug-likeness (QED) is 0.723. The fraction of sp³-hybridized carbons (Fsp3) is 0.133. The first-order valence-electron chi connectivity index (χ1n) is 6.59. The molecule has 0 N–H and O–H groups in total. The summed E-state index contributed by atoms with van der Waals surface area (Å²) >= 11 is 5.85. The van der Waals surface area contributed by atoms with Crippen molar-refractivity contribution < 1.29 is 13.2 Å². The van der Waals surface area contributed by atoms with E-state index in [1.54, 1.807) is 28.9 Å². The summed E-state index contributed by atoms with van der Waals surface area (Å²) in [6.45, 7) is 0.218. The van der Waals surface area contributed by atoms with E-state index < -0.39 is 11.7 Å². The van der Waals surface area contributed by atoms with Gasteiger partial charge in [0.25, 0.3) is 0 Å². The lowest BCUT2D eigenvalue weighted by atomic mass is 10.2. The molecule has 1 aromatic carbocycles. The molecule has 23 heavy (non-hydrogen) atoms. The van der Waals surface area contributed by atoms with Gasteiger partial charge < -0.3 is 0 Å². The predicted octanol–water partition coefficient (Wildman–Crippen LogP) is 4.06. The van der Waals surface area contributed by atoms with Gasteiger partial charge in [0.2, 0.25) is 0 Å². The minimum absolute atomic E-state index is 0.218. The molecule has 0 unspecified atom stereocenters. The van der Waals surface area contributed by atoms with E-state index in [1.807, 2.05) is 0 Å². The van der Waals surface area contributed by atoms with E-state index in [1.165, 1.54) is 12.4 Å². The maximum atomic E-state index is 12.5. The summed E-state index contributed by atoms with van der Waals surface area (Å²) in [6, 6.07) is 9.38. The topological polar surface area (TPSA) is 43.6 Å². The largest absolute Gasteiger partial charge is 0.417 e. The van der Waals surface area contributed by atoms with Gasteiger partial charge in [0.1, 0.15) is 6.33 Å². The van der Waals surface area contributed by atoms with Crippen molar-refractivity contribution in [2.45, 2.75) is 12.7 Å². The smallest absolute Gasteiger partial charge is 0.259 e. The Kier molecular flexibility index (Phi) is 4.04. The van der Waals surface area contributed by atoms with Crippen LogP contribution in [0.1, 0.15) is 11.3 Å². The summed E-state index contributed by atoms with van der Waals surface area (Å²) in [7, 11) is 0. The molecule has 0 atom stereocenters. The summed E-state index contributed by atoms with van der Waals surface area (Å²) in [6.07, 6.45) is -2.20. The number of rotatable bonds is 3. The highest BCUT2D eigenvalue weighted by atomic mass is 35.5. The summed E-state index contributed by atoms with van der Waals surface area (Å²) in [5.74, 6) is 0.586. The first-order chi connectivity index (χ1) is 10.9. The van der Waals surface area contributed by atoms with E-state index in [2.05, 4.69) is 15.1 Å². The minimum atomic E-state index is -4.40. The molecule has 0 radical (unpaired) electrons. The maximum absolute atomic E-state index is 12.5. The lowest BCUT2D eigenvalue weighted by Crippen LogP contribution is -2.09. The van der Waals surface area contributed by atoms with E-state index in [9.17, 15) is 13.2 Å². The number of pyridine rings is 1. The van der Waals surface area contributed by atoms with Crippen LogP contribution in [-0.4, -0.2) is 19.7 Å². The second kappa shape index (κ2) is 6.00. The van der Waals surface area contributed by atoms with Crippen molar-refractivity contribution in [1.29, 1.82) is 0 Å². The molecule has 0 bridgehead atoms. The van der Waals surface area contributed by atoms with Crippen molar-refractivity contribution in [3.05, 3.63) is 65.2 Å². The normalized spacial score (nSPS) is 11.7. The van der Waals surface area contributed by atoms with E-state index in [4.69, 9.17) is 11.6 Å². The molecule has 0 amide bonds. The molecule has 0 fully saturated rings. The molecule has 118 valence electrons. The number of hydrogen-bond donors (Lipinski definition) is 0. The summed E-state index contributed by atoms with van der Waals surface area (Å²) < 4.78 is 39.2. The van der Waals surface area contributed by atoms with Crippen LogP contribution in [0.4, 0.5) is 13.2 Å². The van der Waals surface area contributed by atoms with Crippen LogP contribution in [0.5, 0.6) is 0 Å². The van der Waals surface area contributed by atoms with Gasteiger partial charge in [-0.3, -0.25) is 4.98 Å². The molecule has 2 heterocycles. The Morgan fingerprint density at radius 2 is 1.74 bits per heavy atom. The molecule has 3 rings (SSSR count). The molecular weight excluding hydrogens is 329 g/mol. The van der Waals surface area contributed by atoms with Crippen LogP contribution in [-0.2, 0) is 12.7 Å². The SMILES string of the molecule is FC(F)(F)c1ccc(Cn2ncnc2-c2ccc(Cl)cc2)nc1.